The van der Waals surface area contributed by atoms with Gasteiger partial charge in [-0.2, -0.15) is 0 Å². The fourth-order valence-electron chi connectivity index (χ4n) is 7.23. The fourth-order valence-corrected chi connectivity index (χ4v) is 8.02. The van der Waals surface area contributed by atoms with Gasteiger partial charge in [-0.15, -0.1) is 0 Å². The highest BCUT2D eigenvalue weighted by molar-refractivity contribution is 7.47. The van der Waals surface area contributed by atoms with Gasteiger partial charge >= 0.3 is 25.7 Å². The number of allylic oxidation sites excluding steroid dienone is 2. The largest absolute Gasteiger partial charge is 0.472 e. The lowest BCUT2D eigenvalue weighted by molar-refractivity contribution is -0.161. The van der Waals surface area contributed by atoms with Crippen LogP contribution in [0.2, 0.25) is 0 Å². The maximum atomic E-state index is 12.8. The molecule has 3 atom stereocenters. The summed E-state index contributed by atoms with van der Waals surface area (Å²) < 4.78 is 39.3. The number of rotatable bonds is 48. The van der Waals surface area contributed by atoms with Gasteiger partial charge in [-0.3, -0.25) is 23.4 Å². The van der Waals surface area contributed by atoms with Gasteiger partial charge in [0.15, 0.2) is 6.10 Å². The van der Waals surface area contributed by atoms with E-state index >= 15 is 0 Å². The molecule has 0 aromatic carbocycles. The Morgan fingerprint density at radius 3 is 1.13 bits per heavy atom. The fraction of sp³-hybridized carbons (Fsp3) is 0.900. The quantitative estimate of drug-likeness (QED) is 0.0197. The molecule has 0 spiro atoms. The second-order valence-electron chi connectivity index (χ2n) is 17.3. The Labute approximate surface area is 379 Å². The smallest absolute Gasteiger partial charge is 0.462 e. The number of aliphatic hydroxyl groups excluding tert-OH is 1. The lowest BCUT2D eigenvalue weighted by Crippen LogP contribution is -2.30. The van der Waals surface area contributed by atoms with Gasteiger partial charge < -0.3 is 24.2 Å². The maximum Gasteiger partial charge on any atom is 0.472 e. The number of aliphatic hydroxyl groups is 1. The minimum Gasteiger partial charge on any atom is -0.462 e. The molecule has 2 N–H and O–H groups in total. The maximum absolute atomic E-state index is 12.8. The first kappa shape index (κ1) is 60.2. The van der Waals surface area contributed by atoms with E-state index in [0.29, 0.717) is 19.3 Å². The van der Waals surface area contributed by atoms with Crippen molar-refractivity contribution in [2.75, 3.05) is 26.4 Å². The first-order chi connectivity index (χ1) is 30.2. The standard InChI is InChI=1S/C50H95O11P/c1-4-7-10-13-16-19-22-23-26-27-30-33-36-39-48(52)57-43-47(61-50(54)41-38-35-32-29-25-21-18-15-12-9-6-3)45-59-62(55,56)58-44-46(42-51)60-49(53)40-37-34-31-28-24-20-17-14-11-8-5-2/h19,22,46-47,51H,4-18,20-21,23-45H2,1-3H3,(H,55,56)/b22-19-. The molecule has 0 rings (SSSR count). The molecule has 0 aliphatic heterocycles. The van der Waals surface area contributed by atoms with Crippen molar-refractivity contribution in [2.24, 2.45) is 0 Å². The molecule has 12 heteroatoms. The highest BCUT2D eigenvalue weighted by atomic mass is 31.2. The molecule has 0 aliphatic rings. The van der Waals surface area contributed by atoms with E-state index in [1.807, 2.05) is 0 Å². The zero-order chi connectivity index (χ0) is 45.6. The summed E-state index contributed by atoms with van der Waals surface area (Å²) in [4.78, 5) is 48.2. The molecule has 0 aromatic heterocycles. The number of phosphoric acid groups is 1. The van der Waals surface area contributed by atoms with Gasteiger partial charge in [0.2, 0.25) is 0 Å². The van der Waals surface area contributed by atoms with Crippen molar-refractivity contribution >= 4 is 25.7 Å². The summed E-state index contributed by atoms with van der Waals surface area (Å²) in [6.07, 6.45) is 40.4. The zero-order valence-corrected chi connectivity index (χ0v) is 41.0. The van der Waals surface area contributed by atoms with Crippen LogP contribution in [0, 0.1) is 0 Å². The molecule has 0 aromatic rings. The van der Waals surface area contributed by atoms with Crippen LogP contribution in [0.25, 0.3) is 0 Å². The Kier molecular flexibility index (Phi) is 44.5. The Morgan fingerprint density at radius 2 is 0.742 bits per heavy atom. The Hall–Kier alpha value is -1.78. The van der Waals surface area contributed by atoms with Crippen LogP contribution in [0.15, 0.2) is 12.2 Å². The van der Waals surface area contributed by atoms with E-state index in [4.69, 9.17) is 23.3 Å². The molecule has 0 amide bonds. The molecule has 0 radical (unpaired) electrons. The summed E-state index contributed by atoms with van der Waals surface area (Å²) in [5, 5.41) is 9.74. The van der Waals surface area contributed by atoms with E-state index in [1.54, 1.807) is 0 Å². The molecule has 11 nitrogen and oxygen atoms in total. The molecule has 0 saturated heterocycles. The van der Waals surface area contributed by atoms with Crippen LogP contribution in [0.1, 0.15) is 252 Å². The van der Waals surface area contributed by atoms with Gasteiger partial charge in [-0.05, 0) is 44.9 Å². The van der Waals surface area contributed by atoms with Crippen molar-refractivity contribution < 1.29 is 52.2 Å². The summed E-state index contributed by atoms with van der Waals surface area (Å²) >= 11 is 0. The van der Waals surface area contributed by atoms with E-state index in [-0.39, 0.29) is 25.9 Å². The summed E-state index contributed by atoms with van der Waals surface area (Å²) in [5.41, 5.74) is 0. The highest BCUT2D eigenvalue weighted by Gasteiger charge is 2.28. The average Bonchev–Trinajstić information content (AvgIpc) is 3.25. The third-order valence-electron chi connectivity index (χ3n) is 11.2. The van der Waals surface area contributed by atoms with Gasteiger partial charge in [-0.1, -0.05) is 200 Å². The third kappa shape index (κ3) is 43.5. The van der Waals surface area contributed by atoms with Gasteiger partial charge in [0, 0.05) is 19.3 Å². The van der Waals surface area contributed by atoms with Crippen LogP contribution in [-0.2, 0) is 42.2 Å². The predicted molar refractivity (Wildman–Crippen MR) is 252 cm³/mol. The predicted octanol–water partition coefficient (Wildman–Crippen LogP) is 14.1. The van der Waals surface area contributed by atoms with Crippen LogP contribution >= 0.6 is 7.82 Å². The SMILES string of the molecule is CCCCCC/C=C\CCCCCCCC(=O)OCC(COP(=O)(O)OCC(CO)OC(=O)CCCCCCCCCCCCC)OC(=O)CCCCCCCCCCCCC. The number of unbranched alkanes of at least 4 members (excludes halogenated alkanes) is 29. The number of phosphoric ester groups is 1. The lowest BCUT2D eigenvalue weighted by Gasteiger charge is -2.21. The van der Waals surface area contributed by atoms with Crippen molar-refractivity contribution in [3.8, 4) is 0 Å². The summed E-state index contributed by atoms with van der Waals surface area (Å²) in [5.74, 6) is -1.46. The van der Waals surface area contributed by atoms with Gasteiger partial charge in [0.05, 0.1) is 19.8 Å². The number of hydrogen-bond donors (Lipinski definition) is 2. The van der Waals surface area contributed by atoms with E-state index < -0.39 is 57.8 Å². The molecule has 0 fully saturated rings. The van der Waals surface area contributed by atoms with Gasteiger partial charge in [0.1, 0.15) is 12.7 Å². The molecular formula is C50H95O11P. The van der Waals surface area contributed by atoms with Crippen LogP contribution < -0.4 is 0 Å². The van der Waals surface area contributed by atoms with Crippen molar-refractivity contribution in [1.29, 1.82) is 0 Å². The summed E-state index contributed by atoms with van der Waals surface area (Å²) in [7, 11) is -4.73. The minimum atomic E-state index is -4.73. The molecule has 0 heterocycles. The molecule has 0 bridgehead atoms. The van der Waals surface area contributed by atoms with Gasteiger partial charge in [-0.25, -0.2) is 4.57 Å². The molecule has 0 saturated carbocycles. The molecule has 3 unspecified atom stereocenters. The van der Waals surface area contributed by atoms with Gasteiger partial charge in [0.25, 0.3) is 0 Å². The number of carbonyl (C=O) groups excluding carboxylic acids is 3. The lowest BCUT2D eigenvalue weighted by atomic mass is 10.1. The van der Waals surface area contributed by atoms with Crippen molar-refractivity contribution in [3.05, 3.63) is 12.2 Å². The van der Waals surface area contributed by atoms with E-state index in [0.717, 1.165) is 77.0 Å². The summed E-state index contributed by atoms with van der Waals surface area (Å²) in [6.45, 7) is 4.62. The van der Waals surface area contributed by atoms with E-state index in [9.17, 15) is 28.9 Å². The van der Waals surface area contributed by atoms with Crippen LogP contribution in [0.5, 0.6) is 0 Å². The number of carbonyl (C=O) groups is 3. The molecule has 62 heavy (non-hydrogen) atoms. The Bertz CT molecular complexity index is 1100. The summed E-state index contributed by atoms with van der Waals surface area (Å²) in [6, 6.07) is 0. The molecular weight excluding hydrogens is 808 g/mol. The Morgan fingerprint density at radius 1 is 0.435 bits per heavy atom. The average molecular weight is 903 g/mol. The molecule has 0 aliphatic carbocycles. The van der Waals surface area contributed by atoms with E-state index in [2.05, 4.69) is 32.9 Å². The third-order valence-corrected chi connectivity index (χ3v) is 12.1. The second kappa shape index (κ2) is 45.8. The van der Waals surface area contributed by atoms with Crippen LogP contribution in [0.4, 0.5) is 0 Å². The topological polar surface area (TPSA) is 155 Å². The highest BCUT2D eigenvalue weighted by Crippen LogP contribution is 2.43. The number of hydrogen-bond acceptors (Lipinski definition) is 10. The Balaban J connectivity index is 4.71. The molecule has 366 valence electrons. The van der Waals surface area contributed by atoms with E-state index in [1.165, 1.54) is 116 Å². The monoisotopic (exact) mass is 903 g/mol. The van der Waals surface area contributed by atoms with Crippen molar-refractivity contribution in [3.63, 3.8) is 0 Å². The van der Waals surface area contributed by atoms with Crippen LogP contribution in [0.3, 0.4) is 0 Å². The number of ether oxygens (including phenoxy) is 3. The number of esters is 3. The van der Waals surface area contributed by atoms with Crippen LogP contribution in [-0.4, -0.2) is 66.5 Å². The first-order valence-electron chi connectivity index (χ1n) is 25.6. The van der Waals surface area contributed by atoms with Crippen molar-refractivity contribution in [1.82, 2.24) is 0 Å². The van der Waals surface area contributed by atoms with Crippen molar-refractivity contribution in [2.45, 2.75) is 264 Å². The zero-order valence-electron chi connectivity index (χ0n) is 40.1. The minimum absolute atomic E-state index is 0.173. The normalized spacial score (nSPS) is 13.6. The first-order valence-corrected chi connectivity index (χ1v) is 27.1. The second-order valence-corrected chi connectivity index (χ2v) is 18.8.